The molecule has 0 radical (unpaired) electrons. The number of pyridine rings is 1. The number of aromatic nitrogens is 1. The first-order valence-corrected chi connectivity index (χ1v) is 6.52. The lowest BCUT2D eigenvalue weighted by Crippen LogP contribution is -3.00. The molecule has 0 saturated heterocycles. The van der Waals surface area contributed by atoms with Crippen molar-refractivity contribution in [2.45, 2.75) is 6.54 Å². The van der Waals surface area contributed by atoms with Crippen LogP contribution in [-0.2, 0) is 6.54 Å². The lowest BCUT2D eigenvalue weighted by molar-refractivity contribution is -0.655. The van der Waals surface area contributed by atoms with E-state index in [1.807, 2.05) is 54.7 Å². The summed E-state index contributed by atoms with van der Waals surface area (Å²) in [5.74, 6) is 0. The molecule has 106 valence electrons. The molecular weight excluding hydrogens is 284 g/mol. The van der Waals surface area contributed by atoms with E-state index in [4.69, 9.17) is 0 Å². The highest BCUT2D eigenvalue weighted by atomic mass is 35.5. The molecule has 0 amide bonds. The highest BCUT2D eigenvalue weighted by Crippen LogP contribution is 2.09. The van der Waals surface area contributed by atoms with Gasteiger partial charge in [0.25, 0.3) is 0 Å². The van der Waals surface area contributed by atoms with E-state index in [0.717, 1.165) is 11.1 Å². The van der Waals surface area contributed by atoms with E-state index in [1.165, 1.54) is 5.39 Å². The third-order valence-electron chi connectivity index (χ3n) is 3.34. The molecule has 0 aliphatic carbocycles. The number of rotatable bonds is 3. The van der Waals surface area contributed by atoms with E-state index in [9.17, 15) is 5.21 Å². The van der Waals surface area contributed by atoms with Gasteiger partial charge in [-0.25, -0.2) is 0 Å². The Morgan fingerprint density at radius 1 is 0.905 bits per heavy atom. The van der Waals surface area contributed by atoms with Gasteiger partial charge in [-0.1, -0.05) is 47.6 Å². The van der Waals surface area contributed by atoms with Crippen molar-refractivity contribution in [2.24, 2.45) is 5.16 Å². The summed E-state index contributed by atoms with van der Waals surface area (Å²) < 4.78 is 2.08. The van der Waals surface area contributed by atoms with Gasteiger partial charge in [-0.3, -0.25) is 0 Å². The summed E-state index contributed by atoms with van der Waals surface area (Å²) in [6.45, 7) is 0.530. The van der Waals surface area contributed by atoms with Crippen molar-refractivity contribution in [2.75, 3.05) is 0 Å². The molecule has 0 atom stereocenters. The number of hydrogen-bond donors (Lipinski definition) is 1. The van der Waals surface area contributed by atoms with Crippen LogP contribution in [0.25, 0.3) is 10.9 Å². The summed E-state index contributed by atoms with van der Waals surface area (Å²) in [5.41, 5.74) is 2.69. The first-order valence-electron chi connectivity index (χ1n) is 6.52. The van der Waals surface area contributed by atoms with Crippen LogP contribution in [0.15, 0.2) is 78.1 Å². The normalized spacial score (nSPS) is 11.1. The van der Waals surface area contributed by atoms with Crippen molar-refractivity contribution in [1.29, 1.82) is 0 Å². The number of benzene rings is 2. The summed E-state index contributed by atoms with van der Waals surface area (Å²) in [7, 11) is 0. The molecule has 3 aromatic rings. The second-order valence-corrected chi connectivity index (χ2v) is 4.61. The van der Waals surface area contributed by atoms with Gasteiger partial charge in [-0.2, -0.15) is 4.57 Å². The Bertz CT molecular complexity index is 752. The minimum Gasteiger partial charge on any atom is -1.00 e. The van der Waals surface area contributed by atoms with Crippen molar-refractivity contribution in [1.82, 2.24) is 0 Å². The third kappa shape index (κ3) is 3.20. The highest BCUT2D eigenvalue weighted by Gasteiger charge is 2.13. The van der Waals surface area contributed by atoms with Gasteiger partial charge in [0.05, 0.1) is 0 Å². The van der Waals surface area contributed by atoms with Crippen LogP contribution in [0.1, 0.15) is 5.56 Å². The molecule has 1 aromatic heterocycles. The van der Waals surface area contributed by atoms with Crippen molar-refractivity contribution < 1.29 is 22.2 Å². The standard InChI is InChI=1S/C17H14N2O.ClH/c20-18-16(14-7-2-1-3-8-14)13-19-12-6-10-15-9-4-5-11-17(15)19;/h1-12H,13H2;1H. The zero-order chi connectivity index (χ0) is 13.8. The zero-order valence-electron chi connectivity index (χ0n) is 11.4. The minimum absolute atomic E-state index is 0. The summed E-state index contributed by atoms with van der Waals surface area (Å²) in [6, 6.07) is 22.0. The fraction of sp³-hybridized carbons (Fsp3) is 0.0588. The van der Waals surface area contributed by atoms with Gasteiger partial charge in [-0.15, -0.1) is 0 Å². The molecule has 0 saturated carbocycles. The second-order valence-electron chi connectivity index (χ2n) is 4.61. The predicted molar refractivity (Wildman–Crippen MR) is 78.9 cm³/mol. The Balaban J connectivity index is 0.00000161. The van der Waals surface area contributed by atoms with Crippen molar-refractivity contribution in [3.63, 3.8) is 0 Å². The SMILES string of the molecule is ON=C(C[n+]1cccc2ccccc21)c1ccccc1.[Cl-]. The van der Waals surface area contributed by atoms with E-state index in [1.54, 1.807) is 0 Å². The number of para-hydroxylation sites is 1. The molecule has 1 heterocycles. The molecule has 0 aliphatic heterocycles. The fourth-order valence-electron chi connectivity index (χ4n) is 2.33. The molecule has 0 fully saturated rings. The van der Waals surface area contributed by atoms with Crippen LogP contribution in [0, 0.1) is 0 Å². The first kappa shape index (κ1) is 15.0. The van der Waals surface area contributed by atoms with E-state index >= 15 is 0 Å². The molecule has 2 aromatic carbocycles. The number of fused-ring (bicyclic) bond motifs is 1. The Morgan fingerprint density at radius 3 is 2.33 bits per heavy atom. The van der Waals surface area contributed by atoms with Gasteiger partial charge in [0, 0.05) is 23.1 Å². The second kappa shape index (κ2) is 6.86. The lowest BCUT2D eigenvalue weighted by atomic mass is 10.1. The average Bonchev–Trinajstić information content (AvgIpc) is 2.53. The monoisotopic (exact) mass is 298 g/mol. The van der Waals surface area contributed by atoms with Crippen LogP contribution < -0.4 is 17.0 Å². The zero-order valence-corrected chi connectivity index (χ0v) is 12.1. The Kier molecular flexibility index (Phi) is 4.90. The van der Waals surface area contributed by atoms with Crippen LogP contribution in [0.5, 0.6) is 0 Å². The minimum atomic E-state index is 0. The van der Waals surface area contributed by atoms with Gasteiger partial charge < -0.3 is 17.6 Å². The fourth-order valence-corrected chi connectivity index (χ4v) is 2.33. The number of nitrogens with zero attached hydrogens (tertiary/aromatic N) is 2. The van der Waals surface area contributed by atoms with Gasteiger partial charge in [-0.05, 0) is 12.1 Å². The molecule has 0 aliphatic rings. The van der Waals surface area contributed by atoms with E-state index in [-0.39, 0.29) is 12.4 Å². The average molecular weight is 299 g/mol. The number of hydrogen-bond acceptors (Lipinski definition) is 2. The Labute approximate surface area is 129 Å². The third-order valence-corrected chi connectivity index (χ3v) is 3.34. The largest absolute Gasteiger partial charge is 1.00 e. The molecule has 0 bridgehead atoms. The van der Waals surface area contributed by atoms with E-state index in [2.05, 4.69) is 27.9 Å². The summed E-state index contributed by atoms with van der Waals surface area (Å²) in [5, 5.41) is 13.9. The smallest absolute Gasteiger partial charge is 0.212 e. The number of oxime groups is 1. The molecular formula is C17H15ClN2O. The summed E-state index contributed by atoms with van der Waals surface area (Å²) in [6.07, 6.45) is 2.00. The van der Waals surface area contributed by atoms with Crippen LogP contribution in [0.2, 0.25) is 0 Å². The Hall–Kier alpha value is -2.39. The van der Waals surface area contributed by atoms with Crippen molar-refractivity contribution in [3.8, 4) is 0 Å². The van der Waals surface area contributed by atoms with Gasteiger partial charge in [0.1, 0.15) is 0 Å². The molecule has 0 spiro atoms. The van der Waals surface area contributed by atoms with Gasteiger partial charge in [0.2, 0.25) is 5.52 Å². The quantitative estimate of drug-likeness (QED) is 0.314. The van der Waals surface area contributed by atoms with E-state index < -0.39 is 0 Å². The van der Waals surface area contributed by atoms with Gasteiger partial charge >= 0.3 is 0 Å². The molecule has 3 rings (SSSR count). The molecule has 1 N–H and O–H groups in total. The first-order chi connectivity index (χ1) is 9.88. The Morgan fingerprint density at radius 2 is 1.57 bits per heavy atom. The maximum absolute atomic E-state index is 9.29. The lowest BCUT2D eigenvalue weighted by Gasteiger charge is -2.03. The molecule has 3 nitrogen and oxygen atoms in total. The predicted octanol–water partition coefficient (Wildman–Crippen LogP) is 0.00980. The maximum atomic E-state index is 9.29. The molecule has 0 unspecified atom stereocenters. The molecule has 4 heteroatoms. The van der Waals surface area contributed by atoms with Crippen LogP contribution in [0.4, 0.5) is 0 Å². The number of halogens is 1. The van der Waals surface area contributed by atoms with Crippen LogP contribution in [-0.4, -0.2) is 10.9 Å². The van der Waals surface area contributed by atoms with Crippen LogP contribution >= 0.6 is 0 Å². The van der Waals surface area contributed by atoms with Gasteiger partial charge in [0.15, 0.2) is 18.5 Å². The molecule has 21 heavy (non-hydrogen) atoms. The summed E-state index contributed by atoms with van der Waals surface area (Å²) >= 11 is 0. The van der Waals surface area contributed by atoms with E-state index in [0.29, 0.717) is 12.3 Å². The highest BCUT2D eigenvalue weighted by molar-refractivity contribution is 5.99. The van der Waals surface area contributed by atoms with Crippen molar-refractivity contribution >= 4 is 16.6 Å². The maximum Gasteiger partial charge on any atom is 0.212 e. The van der Waals surface area contributed by atoms with Crippen LogP contribution in [0.3, 0.4) is 0 Å². The van der Waals surface area contributed by atoms with Crippen molar-refractivity contribution in [3.05, 3.63) is 78.5 Å². The summed E-state index contributed by atoms with van der Waals surface area (Å²) in [4.78, 5) is 0. The topological polar surface area (TPSA) is 36.5 Å².